The smallest absolute Gasteiger partial charge is 0.261 e. The molecule has 0 saturated heterocycles. The Labute approximate surface area is 200 Å². The zero-order chi connectivity index (χ0) is 22.4. The predicted molar refractivity (Wildman–Crippen MR) is 129 cm³/mol. The van der Waals surface area contributed by atoms with Gasteiger partial charge >= 0.3 is 0 Å². The molecule has 0 aliphatic carbocycles. The minimum Gasteiger partial charge on any atom is -0.326 e. The van der Waals surface area contributed by atoms with E-state index in [2.05, 4.69) is 10.0 Å². The Bertz CT molecular complexity index is 1170. The van der Waals surface area contributed by atoms with Crippen molar-refractivity contribution in [3.05, 3.63) is 81.8 Å². The number of sulfonamides is 1. The molecule has 0 aliphatic heterocycles. The third-order valence-corrected chi connectivity index (χ3v) is 7.52. The first-order valence-electron chi connectivity index (χ1n) is 9.00. The third-order valence-electron chi connectivity index (χ3n) is 4.06. The standard InChI is InChI=1S/C21H17Cl3N2O3S2/c22-14-4-8-16(9-5-14)30-13-12-20(27)25-15-6-10-17(11-7-15)31(28,29)26-19-3-1-2-18(23)21(19)24/h1-11,26H,12-13H2,(H,25,27). The summed E-state index contributed by atoms with van der Waals surface area (Å²) >= 11 is 19.4. The molecule has 0 atom stereocenters. The van der Waals surface area contributed by atoms with E-state index < -0.39 is 10.0 Å². The van der Waals surface area contributed by atoms with E-state index >= 15 is 0 Å². The third kappa shape index (κ3) is 6.79. The number of amides is 1. The average molecular weight is 516 g/mol. The topological polar surface area (TPSA) is 75.3 Å². The lowest BCUT2D eigenvalue weighted by molar-refractivity contribution is -0.115. The van der Waals surface area contributed by atoms with Gasteiger partial charge in [0, 0.05) is 27.8 Å². The molecule has 0 aromatic heterocycles. The van der Waals surface area contributed by atoms with Crippen molar-refractivity contribution in [1.82, 2.24) is 0 Å². The number of hydrogen-bond donors (Lipinski definition) is 2. The van der Waals surface area contributed by atoms with E-state index in [9.17, 15) is 13.2 Å². The van der Waals surface area contributed by atoms with E-state index in [4.69, 9.17) is 34.8 Å². The van der Waals surface area contributed by atoms with Crippen LogP contribution in [0.5, 0.6) is 0 Å². The highest BCUT2D eigenvalue weighted by atomic mass is 35.5. The minimum absolute atomic E-state index is 0.0276. The molecule has 0 unspecified atom stereocenters. The zero-order valence-electron chi connectivity index (χ0n) is 15.9. The van der Waals surface area contributed by atoms with Crippen LogP contribution in [0.15, 0.2) is 76.5 Å². The maximum atomic E-state index is 12.6. The van der Waals surface area contributed by atoms with Gasteiger partial charge in [0.2, 0.25) is 5.91 Å². The molecule has 10 heteroatoms. The van der Waals surface area contributed by atoms with Crippen LogP contribution in [0.25, 0.3) is 0 Å². The lowest BCUT2D eigenvalue weighted by atomic mass is 10.3. The van der Waals surface area contributed by atoms with Crippen molar-refractivity contribution in [2.75, 3.05) is 15.8 Å². The molecule has 3 aromatic rings. The molecule has 3 rings (SSSR count). The van der Waals surface area contributed by atoms with Gasteiger partial charge in [-0.2, -0.15) is 0 Å². The fourth-order valence-corrected chi connectivity index (χ4v) is 4.97. The summed E-state index contributed by atoms with van der Waals surface area (Å²) in [6, 6.07) is 17.9. The summed E-state index contributed by atoms with van der Waals surface area (Å²) in [6.07, 6.45) is 0.308. The number of nitrogens with one attached hydrogen (secondary N) is 2. The van der Waals surface area contributed by atoms with Crippen molar-refractivity contribution < 1.29 is 13.2 Å². The van der Waals surface area contributed by atoms with Gasteiger partial charge in [-0.15, -0.1) is 11.8 Å². The van der Waals surface area contributed by atoms with E-state index in [1.54, 1.807) is 36.0 Å². The fourth-order valence-electron chi connectivity index (χ4n) is 2.52. The molecule has 162 valence electrons. The van der Waals surface area contributed by atoms with Crippen LogP contribution in [0.4, 0.5) is 11.4 Å². The molecule has 3 aromatic carbocycles. The zero-order valence-corrected chi connectivity index (χ0v) is 19.8. The highest BCUT2D eigenvalue weighted by Gasteiger charge is 2.17. The minimum atomic E-state index is -3.86. The van der Waals surface area contributed by atoms with Crippen LogP contribution in [0.1, 0.15) is 6.42 Å². The van der Waals surface area contributed by atoms with Crippen LogP contribution >= 0.6 is 46.6 Å². The van der Waals surface area contributed by atoms with Crippen LogP contribution in [0, 0.1) is 0 Å². The van der Waals surface area contributed by atoms with E-state index in [1.807, 2.05) is 12.1 Å². The molecule has 0 aliphatic rings. The van der Waals surface area contributed by atoms with Crippen molar-refractivity contribution in [3.63, 3.8) is 0 Å². The van der Waals surface area contributed by atoms with E-state index in [0.717, 1.165) is 4.90 Å². The molecule has 1 amide bonds. The van der Waals surface area contributed by atoms with E-state index in [-0.39, 0.29) is 26.5 Å². The highest BCUT2D eigenvalue weighted by Crippen LogP contribution is 2.31. The van der Waals surface area contributed by atoms with Gasteiger partial charge < -0.3 is 5.32 Å². The Morgan fingerprint density at radius 2 is 1.58 bits per heavy atom. The van der Waals surface area contributed by atoms with E-state index in [1.165, 1.54) is 30.3 Å². The number of rotatable bonds is 8. The molecule has 0 radical (unpaired) electrons. The highest BCUT2D eigenvalue weighted by molar-refractivity contribution is 7.99. The Kier molecular flexibility index (Phi) is 8.13. The first kappa shape index (κ1) is 23.8. The summed E-state index contributed by atoms with van der Waals surface area (Å²) in [7, 11) is -3.86. The fraction of sp³-hybridized carbons (Fsp3) is 0.0952. The Morgan fingerprint density at radius 1 is 0.903 bits per heavy atom. The molecule has 0 saturated carbocycles. The van der Waals surface area contributed by atoms with Crippen molar-refractivity contribution in [1.29, 1.82) is 0 Å². The monoisotopic (exact) mass is 514 g/mol. The number of carbonyl (C=O) groups excluding carboxylic acids is 1. The Balaban J connectivity index is 1.55. The molecular weight excluding hydrogens is 499 g/mol. The first-order chi connectivity index (χ1) is 14.7. The normalized spacial score (nSPS) is 11.2. The summed E-state index contributed by atoms with van der Waals surface area (Å²) in [6.45, 7) is 0. The summed E-state index contributed by atoms with van der Waals surface area (Å²) in [4.78, 5) is 13.2. The summed E-state index contributed by atoms with van der Waals surface area (Å²) in [5, 5.41) is 3.78. The average Bonchev–Trinajstić information content (AvgIpc) is 2.73. The predicted octanol–water partition coefficient (Wildman–Crippen LogP) is 6.57. The number of halogens is 3. The maximum Gasteiger partial charge on any atom is 0.261 e. The molecule has 0 bridgehead atoms. The number of carbonyl (C=O) groups is 1. The molecular formula is C21H17Cl3N2O3S2. The van der Waals surface area contributed by atoms with Gasteiger partial charge in [0.25, 0.3) is 10.0 Å². The van der Waals surface area contributed by atoms with Crippen LogP contribution in [-0.4, -0.2) is 20.1 Å². The van der Waals surface area contributed by atoms with Gasteiger partial charge in [-0.1, -0.05) is 40.9 Å². The lowest BCUT2D eigenvalue weighted by Crippen LogP contribution is -2.14. The summed E-state index contributed by atoms with van der Waals surface area (Å²) < 4.78 is 27.6. The number of benzene rings is 3. The SMILES string of the molecule is O=C(CCSc1ccc(Cl)cc1)Nc1ccc(S(=O)(=O)Nc2cccc(Cl)c2Cl)cc1. The second-order valence-corrected chi connectivity index (χ2v) is 10.4. The summed E-state index contributed by atoms with van der Waals surface area (Å²) in [5.74, 6) is 0.436. The van der Waals surface area contributed by atoms with E-state index in [0.29, 0.717) is 22.9 Å². The van der Waals surface area contributed by atoms with Crippen LogP contribution in [0.3, 0.4) is 0 Å². The number of thioether (sulfide) groups is 1. The molecule has 0 fully saturated rings. The van der Waals surface area contributed by atoms with Crippen molar-refractivity contribution in [2.24, 2.45) is 0 Å². The van der Waals surface area contributed by atoms with Crippen LogP contribution in [0.2, 0.25) is 15.1 Å². The van der Waals surface area contributed by atoms with Gasteiger partial charge in [0.15, 0.2) is 0 Å². The quantitative estimate of drug-likeness (QED) is 0.333. The van der Waals surface area contributed by atoms with Crippen molar-refractivity contribution in [3.8, 4) is 0 Å². The summed E-state index contributed by atoms with van der Waals surface area (Å²) in [5.41, 5.74) is 0.686. The molecule has 0 heterocycles. The number of hydrogen-bond acceptors (Lipinski definition) is 4. The van der Waals surface area contributed by atoms with Crippen molar-refractivity contribution in [2.45, 2.75) is 16.2 Å². The van der Waals surface area contributed by atoms with Gasteiger partial charge in [0.05, 0.1) is 20.6 Å². The van der Waals surface area contributed by atoms with Gasteiger partial charge in [-0.3, -0.25) is 9.52 Å². The molecule has 31 heavy (non-hydrogen) atoms. The largest absolute Gasteiger partial charge is 0.326 e. The van der Waals surface area contributed by atoms with Crippen LogP contribution < -0.4 is 10.0 Å². The van der Waals surface area contributed by atoms with Crippen molar-refractivity contribution >= 4 is 73.9 Å². The van der Waals surface area contributed by atoms with Gasteiger partial charge in [-0.05, 0) is 60.7 Å². The van der Waals surface area contributed by atoms with Gasteiger partial charge in [-0.25, -0.2) is 8.42 Å². The Morgan fingerprint density at radius 3 is 2.26 bits per heavy atom. The second-order valence-electron chi connectivity index (χ2n) is 6.33. The lowest BCUT2D eigenvalue weighted by Gasteiger charge is -2.11. The molecule has 2 N–H and O–H groups in total. The Hall–Kier alpha value is -1.90. The maximum absolute atomic E-state index is 12.6. The molecule has 5 nitrogen and oxygen atoms in total. The van der Waals surface area contributed by atoms with Crippen LogP contribution in [-0.2, 0) is 14.8 Å². The van der Waals surface area contributed by atoms with Gasteiger partial charge in [0.1, 0.15) is 0 Å². The number of anilines is 2. The second kappa shape index (κ2) is 10.6. The molecule has 0 spiro atoms. The first-order valence-corrected chi connectivity index (χ1v) is 12.6.